The van der Waals surface area contributed by atoms with Gasteiger partial charge in [-0.05, 0) is 77.0 Å². The minimum atomic E-state index is -4.54. The van der Waals surface area contributed by atoms with Crippen LogP contribution >= 0.6 is 7.82 Å². The van der Waals surface area contributed by atoms with Gasteiger partial charge in [0, 0.05) is 13.0 Å². The molecule has 0 aromatic carbocycles. The van der Waals surface area contributed by atoms with Crippen LogP contribution in [0.3, 0.4) is 0 Å². The van der Waals surface area contributed by atoms with Crippen LogP contribution in [-0.2, 0) is 27.9 Å². The van der Waals surface area contributed by atoms with Gasteiger partial charge in [-0.3, -0.25) is 9.36 Å². The number of carbonyl (C=O) groups excluding carboxylic acids is 1. The number of esters is 1. The molecule has 0 aliphatic rings. The number of ether oxygens (including phenoxy) is 2. The standard InChI is InChI=1S/C54H100NO7P/c1-6-8-10-12-14-16-18-20-22-23-24-25-26-27-28-29-30-31-32-34-36-38-40-42-44-46-49-59-51-53(52-61-63(57,58)60-50-48-55(3,4)5)62-54(56)47-45-43-41-39-37-35-33-21-19-17-15-13-11-9-7-2/h9,11,15,17-18,20-21,23-24,33,53H,6-8,10,12-14,16,19,22,25-32,34-52H2,1-5H3/b11-9-,17-15-,20-18-,24-23-,33-21-. The number of phosphoric ester groups is 1. The van der Waals surface area contributed by atoms with Crippen molar-refractivity contribution in [2.45, 2.75) is 225 Å². The summed E-state index contributed by atoms with van der Waals surface area (Å²) in [6.45, 7) is 5.28. The van der Waals surface area contributed by atoms with E-state index in [2.05, 4.69) is 74.6 Å². The molecule has 0 aromatic heterocycles. The van der Waals surface area contributed by atoms with Gasteiger partial charge in [-0.1, -0.05) is 197 Å². The van der Waals surface area contributed by atoms with Crippen molar-refractivity contribution in [2.24, 2.45) is 0 Å². The fourth-order valence-corrected chi connectivity index (χ4v) is 7.79. The minimum absolute atomic E-state index is 0.0207. The molecule has 0 saturated heterocycles. The molecule has 2 unspecified atom stereocenters. The zero-order chi connectivity index (χ0) is 46.2. The first-order valence-corrected chi connectivity index (χ1v) is 27.5. The average molecular weight is 906 g/mol. The molecule has 0 spiro atoms. The fraction of sp³-hybridized carbons (Fsp3) is 0.796. The molecular formula is C54H100NO7P. The van der Waals surface area contributed by atoms with Gasteiger partial charge in [0.1, 0.15) is 19.3 Å². The number of hydrogen-bond acceptors (Lipinski definition) is 7. The van der Waals surface area contributed by atoms with Crippen molar-refractivity contribution < 1.29 is 37.3 Å². The zero-order valence-corrected chi connectivity index (χ0v) is 42.7. The third kappa shape index (κ3) is 51.1. The summed E-state index contributed by atoms with van der Waals surface area (Å²) in [6, 6.07) is 0. The van der Waals surface area contributed by atoms with E-state index in [1.807, 2.05) is 21.1 Å². The Balaban J connectivity index is 4.08. The second kappa shape index (κ2) is 46.7. The summed E-state index contributed by atoms with van der Waals surface area (Å²) < 4.78 is 34.7. The molecule has 0 bridgehead atoms. The average Bonchev–Trinajstić information content (AvgIpc) is 3.24. The fourth-order valence-electron chi connectivity index (χ4n) is 7.06. The second-order valence-electron chi connectivity index (χ2n) is 18.5. The summed E-state index contributed by atoms with van der Waals surface area (Å²) in [7, 11) is 1.34. The normalized spacial score (nSPS) is 14.1. The first kappa shape index (κ1) is 61.2. The Hall–Kier alpha value is -1.80. The van der Waals surface area contributed by atoms with E-state index in [1.165, 1.54) is 122 Å². The van der Waals surface area contributed by atoms with Crippen LogP contribution < -0.4 is 4.89 Å². The first-order chi connectivity index (χ1) is 30.6. The zero-order valence-electron chi connectivity index (χ0n) is 41.8. The van der Waals surface area contributed by atoms with E-state index >= 15 is 0 Å². The van der Waals surface area contributed by atoms with Crippen molar-refractivity contribution in [2.75, 3.05) is 54.1 Å². The molecule has 8 nitrogen and oxygen atoms in total. The lowest BCUT2D eigenvalue weighted by Gasteiger charge is -2.28. The second-order valence-corrected chi connectivity index (χ2v) is 19.9. The Morgan fingerprint density at radius 1 is 0.508 bits per heavy atom. The summed E-state index contributed by atoms with van der Waals surface area (Å²) >= 11 is 0. The monoisotopic (exact) mass is 906 g/mol. The number of hydrogen-bond donors (Lipinski definition) is 0. The maximum atomic E-state index is 12.7. The van der Waals surface area contributed by atoms with Crippen molar-refractivity contribution in [1.82, 2.24) is 0 Å². The highest BCUT2D eigenvalue weighted by atomic mass is 31.2. The van der Waals surface area contributed by atoms with Crippen LogP contribution in [0.5, 0.6) is 0 Å². The van der Waals surface area contributed by atoms with E-state index < -0.39 is 13.9 Å². The highest BCUT2D eigenvalue weighted by Gasteiger charge is 2.20. The van der Waals surface area contributed by atoms with Gasteiger partial charge in [-0.25, -0.2) is 0 Å². The molecule has 0 amide bonds. The van der Waals surface area contributed by atoms with Gasteiger partial charge in [-0.2, -0.15) is 0 Å². The van der Waals surface area contributed by atoms with Crippen LogP contribution in [0.1, 0.15) is 219 Å². The van der Waals surface area contributed by atoms with Crippen LogP contribution in [0.2, 0.25) is 0 Å². The number of carbonyl (C=O) groups is 1. The Labute approximate surface area is 390 Å². The molecular weight excluding hydrogens is 806 g/mol. The maximum Gasteiger partial charge on any atom is 0.306 e. The van der Waals surface area contributed by atoms with Crippen molar-refractivity contribution in [3.63, 3.8) is 0 Å². The number of phosphoric acid groups is 1. The largest absolute Gasteiger partial charge is 0.756 e. The van der Waals surface area contributed by atoms with Crippen LogP contribution in [0.25, 0.3) is 0 Å². The van der Waals surface area contributed by atoms with E-state index in [9.17, 15) is 14.3 Å². The molecule has 368 valence electrons. The number of allylic oxidation sites excluding steroid dienone is 10. The molecule has 63 heavy (non-hydrogen) atoms. The van der Waals surface area contributed by atoms with Crippen molar-refractivity contribution in [3.8, 4) is 0 Å². The van der Waals surface area contributed by atoms with Crippen molar-refractivity contribution >= 4 is 13.8 Å². The van der Waals surface area contributed by atoms with E-state index in [1.54, 1.807) is 0 Å². The van der Waals surface area contributed by atoms with E-state index in [-0.39, 0.29) is 25.8 Å². The molecule has 0 rings (SSSR count). The third-order valence-corrected chi connectivity index (χ3v) is 12.0. The highest BCUT2D eigenvalue weighted by molar-refractivity contribution is 7.45. The Morgan fingerprint density at radius 3 is 1.38 bits per heavy atom. The van der Waals surface area contributed by atoms with Gasteiger partial charge in [0.2, 0.25) is 0 Å². The lowest BCUT2D eigenvalue weighted by atomic mass is 10.0. The molecule has 0 saturated carbocycles. The molecule has 0 fully saturated rings. The number of likely N-dealkylation sites (N-methyl/N-ethyl adjacent to an activating group) is 1. The van der Waals surface area contributed by atoms with Crippen molar-refractivity contribution in [3.05, 3.63) is 60.8 Å². The Bertz CT molecular complexity index is 1190. The Kier molecular flexibility index (Phi) is 45.4. The first-order valence-electron chi connectivity index (χ1n) is 26.0. The highest BCUT2D eigenvalue weighted by Crippen LogP contribution is 2.38. The topological polar surface area (TPSA) is 94.1 Å². The third-order valence-electron chi connectivity index (χ3n) is 11.1. The number of quaternary nitrogens is 1. The van der Waals surface area contributed by atoms with Gasteiger partial charge in [0.05, 0.1) is 34.4 Å². The quantitative estimate of drug-likeness (QED) is 0.0197. The predicted octanol–water partition coefficient (Wildman–Crippen LogP) is 15.4. The van der Waals surface area contributed by atoms with Crippen LogP contribution in [0.4, 0.5) is 0 Å². The molecule has 2 atom stereocenters. The molecule has 0 radical (unpaired) electrons. The van der Waals surface area contributed by atoms with E-state index in [0.717, 1.165) is 77.0 Å². The predicted molar refractivity (Wildman–Crippen MR) is 268 cm³/mol. The summed E-state index contributed by atoms with van der Waals surface area (Å²) in [5, 5.41) is 0. The van der Waals surface area contributed by atoms with Gasteiger partial charge >= 0.3 is 5.97 Å². The van der Waals surface area contributed by atoms with Crippen LogP contribution in [-0.4, -0.2) is 70.7 Å². The minimum Gasteiger partial charge on any atom is -0.756 e. The summed E-state index contributed by atoms with van der Waals surface area (Å²) in [6.07, 6.45) is 59.7. The van der Waals surface area contributed by atoms with E-state index in [0.29, 0.717) is 24.1 Å². The maximum absolute atomic E-state index is 12.7. The van der Waals surface area contributed by atoms with E-state index in [4.69, 9.17) is 18.5 Å². The Morgan fingerprint density at radius 2 is 0.921 bits per heavy atom. The van der Waals surface area contributed by atoms with Crippen LogP contribution in [0, 0.1) is 0 Å². The van der Waals surface area contributed by atoms with Gasteiger partial charge in [-0.15, -0.1) is 0 Å². The smallest absolute Gasteiger partial charge is 0.306 e. The molecule has 9 heteroatoms. The SMILES string of the molecule is CC/C=C\C/C=C\C/C=C\CCCCCCCC(=O)OC(COCCCCCCCCCCCCCCCC/C=C\C/C=C\CCCCCCC)COP(=O)([O-])OCC[N+](C)(C)C. The summed E-state index contributed by atoms with van der Waals surface area (Å²) in [4.78, 5) is 25.1. The summed E-state index contributed by atoms with van der Waals surface area (Å²) in [5.74, 6) is -0.350. The number of nitrogens with zero attached hydrogens (tertiary/aromatic N) is 1. The van der Waals surface area contributed by atoms with Crippen molar-refractivity contribution in [1.29, 1.82) is 0 Å². The summed E-state index contributed by atoms with van der Waals surface area (Å²) in [5.41, 5.74) is 0. The lowest BCUT2D eigenvalue weighted by molar-refractivity contribution is -0.870. The molecule has 0 aliphatic heterocycles. The van der Waals surface area contributed by atoms with Gasteiger partial charge in [0.15, 0.2) is 0 Å². The number of unbranched alkanes of at least 4 members (excludes halogenated alkanes) is 24. The van der Waals surface area contributed by atoms with Gasteiger partial charge < -0.3 is 27.9 Å². The van der Waals surface area contributed by atoms with Crippen LogP contribution in [0.15, 0.2) is 60.8 Å². The lowest BCUT2D eigenvalue weighted by Crippen LogP contribution is -2.37. The molecule has 0 aliphatic carbocycles. The molecule has 0 heterocycles. The molecule has 0 N–H and O–H groups in total. The number of rotatable bonds is 48. The van der Waals surface area contributed by atoms with Gasteiger partial charge in [0.25, 0.3) is 7.82 Å². The molecule has 0 aromatic rings.